The molecule has 0 atom stereocenters. The standard InChI is InChI=1S/C15H21N7O2S/c1-3-8-22-13(10-4-6-17-7-5-10)19-20-15(22)25-9-11-18-12(21-24-11)14(23)16-2/h3,10,17H,1,4-9H2,2H3,(H,16,23). The summed E-state index contributed by atoms with van der Waals surface area (Å²) in [5.41, 5.74) is 0. The first-order valence-corrected chi connectivity index (χ1v) is 9.13. The van der Waals surface area contributed by atoms with E-state index in [2.05, 4.69) is 42.1 Å². The van der Waals surface area contributed by atoms with Gasteiger partial charge in [0.25, 0.3) is 11.7 Å². The van der Waals surface area contributed by atoms with Crippen molar-refractivity contribution in [2.24, 2.45) is 0 Å². The van der Waals surface area contributed by atoms with Crippen molar-refractivity contribution in [1.82, 2.24) is 35.5 Å². The van der Waals surface area contributed by atoms with Gasteiger partial charge in [0.1, 0.15) is 5.82 Å². The molecule has 1 fully saturated rings. The highest BCUT2D eigenvalue weighted by Gasteiger charge is 2.23. The largest absolute Gasteiger partial charge is 0.352 e. The van der Waals surface area contributed by atoms with Gasteiger partial charge in [-0.25, -0.2) is 0 Å². The van der Waals surface area contributed by atoms with E-state index in [1.54, 1.807) is 0 Å². The van der Waals surface area contributed by atoms with E-state index in [4.69, 9.17) is 4.52 Å². The Kier molecular flexibility index (Phi) is 5.82. The Morgan fingerprint density at radius 2 is 2.28 bits per heavy atom. The molecule has 2 aromatic heterocycles. The predicted octanol–water partition coefficient (Wildman–Crippen LogP) is 0.966. The van der Waals surface area contributed by atoms with Crippen LogP contribution in [0.25, 0.3) is 0 Å². The van der Waals surface area contributed by atoms with Crippen LogP contribution < -0.4 is 10.6 Å². The first-order valence-electron chi connectivity index (χ1n) is 8.15. The lowest BCUT2D eigenvalue weighted by Gasteiger charge is -2.22. The van der Waals surface area contributed by atoms with Crippen molar-refractivity contribution in [2.45, 2.75) is 36.2 Å². The van der Waals surface area contributed by atoms with Crippen molar-refractivity contribution in [2.75, 3.05) is 20.1 Å². The van der Waals surface area contributed by atoms with E-state index in [0.717, 1.165) is 36.9 Å². The zero-order chi connectivity index (χ0) is 17.6. The number of thioether (sulfide) groups is 1. The molecule has 0 aromatic carbocycles. The molecule has 2 aromatic rings. The Morgan fingerprint density at radius 1 is 1.48 bits per heavy atom. The van der Waals surface area contributed by atoms with Crippen LogP contribution in [-0.4, -0.2) is 50.9 Å². The fraction of sp³-hybridized carbons (Fsp3) is 0.533. The summed E-state index contributed by atoms with van der Waals surface area (Å²) in [5.74, 6) is 1.86. The van der Waals surface area contributed by atoms with Gasteiger partial charge in [-0.1, -0.05) is 23.0 Å². The molecule has 0 unspecified atom stereocenters. The molecule has 2 N–H and O–H groups in total. The second-order valence-corrected chi connectivity index (χ2v) is 6.59. The summed E-state index contributed by atoms with van der Waals surface area (Å²) in [6, 6.07) is 0. The number of amides is 1. The Bertz CT molecular complexity index is 736. The van der Waals surface area contributed by atoms with Gasteiger partial charge in [0.15, 0.2) is 5.16 Å². The van der Waals surface area contributed by atoms with Crippen molar-refractivity contribution >= 4 is 17.7 Å². The molecule has 0 saturated carbocycles. The highest BCUT2D eigenvalue weighted by atomic mass is 32.2. The number of nitrogens with zero attached hydrogens (tertiary/aromatic N) is 5. The quantitative estimate of drug-likeness (QED) is 0.553. The first-order chi connectivity index (χ1) is 12.2. The molecule has 1 saturated heterocycles. The molecule has 0 radical (unpaired) electrons. The third-order valence-electron chi connectivity index (χ3n) is 3.98. The van der Waals surface area contributed by atoms with Crippen molar-refractivity contribution in [3.8, 4) is 0 Å². The SMILES string of the molecule is C=CCn1c(SCc2nc(C(=O)NC)no2)nnc1C1CCNCC1. The molecule has 1 amide bonds. The van der Waals surface area contributed by atoms with E-state index in [9.17, 15) is 4.79 Å². The van der Waals surface area contributed by atoms with Gasteiger partial charge in [0.05, 0.1) is 5.75 Å². The number of hydrogen-bond donors (Lipinski definition) is 2. The smallest absolute Gasteiger partial charge is 0.292 e. The van der Waals surface area contributed by atoms with Crippen molar-refractivity contribution in [1.29, 1.82) is 0 Å². The number of hydrogen-bond acceptors (Lipinski definition) is 8. The highest BCUT2D eigenvalue weighted by Crippen LogP contribution is 2.28. The van der Waals surface area contributed by atoms with Crippen molar-refractivity contribution in [3.63, 3.8) is 0 Å². The van der Waals surface area contributed by atoms with Gasteiger partial charge in [-0.05, 0) is 25.9 Å². The normalized spacial score (nSPS) is 15.2. The summed E-state index contributed by atoms with van der Waals surface area (Å²) in [7, 11) is 1.52. The molecule has 0 aliphatic carbocycles. The van der Waals surface area contributed by atoms with Crippen molar-refractivity contribution < 1.29 is 9.32 Å². The fourth-order valence-corrected chi connectivity index (χ4v) is 3.53. The number of aromatic nitrogens is 5. The lowest BCUT2D eigenvalue weighted by molar-refractivity contribution is 0.0950. The first kappa shape index (κ1) is 17.6. The Labute approximate surface area is 149 Å². The van der Waals surface area contributed by atoms with E-state index in [0.29, 0.717) is 24.1 Å². The van der Waals surface area contributed by atoms with Crippen LogP contribution in [0.4, 0.5) is 0 Å². The average Bonchev–Trinajstić information content (AvgIpc) is 3.27. The molecule has 1 aliphatic heterocycles. The minimum Gasteiger partial charge on any atom is -0.352 e. The molecule has 9 nitrogen and oxygen atoms in total. The third kappa shape index (κ3) is 4.07. The van der Waals surface area contributed by atoms with Crippen LogP contribution in [0.2, 0.25) is 0 Å². The molecule has 10 heteroatoms. The Balaban J connectivity index is 1.71. The lowest BCUT2D eigenvalue weighted by Crippen LogP contribution is -2.28. The summed E-state index contributed by atoms with van der Waals surface area (Å²) in [6.45, 7) is 6.48. The molecule has 1 aliphatic rings. The number of carbonyl (C=O) groups excluding carboxylic acids is 1. The van der Waals surface area contributed by atoms with Crippen molar-refractivity contribution in [3.05, 3.63) is 30.2 Å². The minimum atomic E-state index is -0.372. The highest BCUT2D eigenvalue weighted by molar-refractivity contribution is 7.98. The average molecular weight is 363 g/mol. The van der Waals surface area contributed by atoms with Gasteiger partial charge in [0.2, 0.25) is 5.89 Å². The summed E-state index contributed by atoms with van der Waals surface area (Å²) in [5, 5.41) is 19.0. The molecule has 25 heavy (non-hydrogen) atoms. The van der Waals surface area contributed by atoms with Crippen LogP contribution in [0.15, 0.2) is 22.3 Å². The zero-order valence-corrected chi connectivity index (χ0v) is 14.9. The monoisotopic (exact) mass is 363 g/mol. The summed E-state index contributed by atoms with van der Waals surface area (Å²) in [6.07, 6.45) is 3.95. The third-order valence-corrected chi connectivity index (χ3v) is 4.94. The van der Waals surface area contributed by atoms with Crippen LogP contribution in [0.1, 0.15) is 41.1 Å². The van der Waals surface area contributed by atoms with Gasteiger partial charge >= 0.3 is 0 Å². The minimum absolute atomic E-state index is 0.0288. The van der Waals surface area contributed by atoms with E-state index >= 15 is 0 Å². The number of nitrogens with one attached hydrogen (secondary N) is 2. The van der Waals surface area contributed by atoms with Crippen LogP contribution in [-0.2, 0) is 12.3 Å². The van der Waals surface area contributed by atoms with Crippen LogP contribution >= 0.6 is 11.8 Å². The summed E-state index contributed by atoms with van der Waals surface area (Å²) < 4.78 is 7.19. The number of allylic oxidation sites excluding steroid dienone is 1. The Hall–Kier alpha value is -2.20. The molecule has 0 spiro atoms. The lowest BCUT2D eigenvalue weighted by atomic mass is 9.97. The molecule has 3 heterocycles. The second-order valence-electron chi connectivity index (χ2n) is 5.64. The van der Waals surface area contributed by atoms with E-state index in [1.807, 2.05) is 6.08 Å². The summed E-state index contributed by atoms with van der Waals surface area (Å²) in [4.78, 5) is 15.5. The molecule has 134 valence electrons. The number of rotatable bonds is 7. The fourth-order valence-electron chi connectivity index (χ4n) is 2.73. The topological polar surface area (TPSA) is 111 Å². The number of piperidine rings is 1. The van der Waals surface area contributed by atoms with E-state index < -0.39 is 0 Å². The van der Waals surface area contributed by atoms with Crippen LogP contribution in [0.5, 0.6) is 0 Å². The zero-order valence-electron chi connectivity index (χ0n) is 14.1. The maximum Gasteiger partial charge on any atom is 0.292 e. The van der Waals surface area contributed by atoms with Gasteiger partial charge in [-0.2, -0.15) is 4.98 Å². The predicted molar refractivity (Wildman–Crippen MR) is 92.3 cm³/mol. The van der Waals surface area contributed by atoms with Gasteiger partial charge in [-0.3, -0.25) is 4.79 Å². The molecular formula is C15H21N7O2S. The van der Waals surface area contributed by atoms with Gasteiger partial charge in [-0.15, -0.1) is 16.8 Å². The maximum atomic E-state index is 11.5. The molecule has 0 bridgehead atoms. The second kappa shape index (κ2) is 8.26. The van der Waals surface area contributed by atoms with Crippen LogP contribution in [0.3, 0.4) is 0 Å². The van der Waals surface area contributed by atoms with Crippen LogP contribution in [0, 0.1) is 0 Å². The molecule has 3 rings (SSSR count). The van der Waals surface area contributed by atoms with Gasteiger partial charge < -0.3 is 19.7 Å². The van der Waals surface area contributed by atoms with E-state index in [1.165, 1.54) is 18.8 Å². The van der Waals surface area contributed by atoms with Gasteiger partial charge in [0, 0.05) is 19.5 Å². The maximum absolute atomic E-state index is 11.5. The molecular weight excluding hydrogens is 342 g/mol. The Morgan fingerprint density at radius 3 is 3.00 bits per heavy atom. The van der Waals surface area contributed by atoms with E-state index in [-0.39, 0.29) is 11.7 Å². The number of carbonyl (C=O) groups is 1. The summed E-state index contributed by atoms with van der Waals surface area (Å²) >= 11 is 1.46.